The smallest absolute Gasteiger partial charge is 0.222 e. The molecule has 1 N–H and O–H groups in total. The number of aliphatic hydroxyl groups is 1. The monoisotopic (exact) mass is 370 g/mol. The summed E-state index contributed by atoms with van der Waals surface area (Å²) in [5.74, 6) is -0.559. The lowest BCUT2D eigenvalue weighted by Gasteiger charge is -2.46. The molecule has 25 heavy (non-hydrogen) atoms. The van der Waals surface area contributed by atoms with Crippen LogP contribution in [0.2, 0.25) is 0 Å². The fourth-order valence-corrected chi connectivity index (χ4v) is 4.95. The van der Waals surface area contributed by atoms with E-state index in [4.69, 9.17) is 0 Å². The molecule has 2 aliphatic rings. The van der Waals surface area contributed by atoms with Gasteiger partial charge in [-0.3, -0.25) is 4.79 Å². The van der Waals surface area contributed by atoms with Gasteiger partial charge in [0.25, 0.3) is 0 Å². The summed E-state index contributed by atoms with van der Waals surface area (Å²) in [6.45, 7) is 1.45. The molecule has 0 saturated carbocycles. The summed E-state index contributed by atoms with van der Waals surface area (Å²) in [6, 6.07) is 5.58. The van der Waals surface area contributed by atoms with Crippen molar-refractivity contribution in [2.45, 2.75) is 31.3 Å². The first-order valence-electron chi connectivity index (χ1n) is 8.54. The van der Waals surface area contributed by atoms with Crippen LogP contribution in [0.4, 0.5) is 4.39 Å². The van der Waals surface area contributed by atoms with Gasteiger partial charge in [-0.15, -0.1) is 0 Å². The van der Waals surface area contributed by atoms with Crippen LogP contribution in [0.5, 0.6) is 0 Å². The number of hydrogen-bond donors (Lipinski definition) is 1. The molecule has 1 aromatic rings. The number of benzene rings is 1. The minimum atomic E-state index is -3.26. The zero-order valence-electron chi connectivity index (χ0n) is 14.0. The Kier molecular flexibility index (Phi) is 5.13. The number of nitrogens with zero attached hydrogens (tertiary/aromatic N) is 2. The van der Waals surface area contributed by atoms with Crippen LogP contribution in [0.3, 0.4) is 0 Å². The van der Waals surface area contributed by atoms with E-state index in [1.165, 1.54) is 33.5 Å². The summed E-state index contributed by atoms with van der Waals surface area (Å²) in [5, 5.41) is 10.5. The molecular formula is C17H23FN2O4S. The van der Waals surface area contributed by atoms with Gasteiger partial charge in [0.15, 0.2) is 0 Å². The van der Waals surface area contributed by atoms with E-state index >= 15 is 0 Å². The summed E-state index contributed by atoms with van der Waals surface area (Å²) >= 11 is 0. The van der Waals surface area contributed by atoms with Gasteiger partial charge >= 0.3 is 0 Å². The molecule has 2 saturated heterocycles. The first-order valence-corrected chi connectivity index (χ1v) is 10.2. The fourth-order valence-electron chi connectivity index (χ4n) is 3.36. The van der Waals surface area contributed by atoms with E-state index < -0.39 is 15.6 Å². The second-order valence-electron chi connectivity index (χ2n) is 6.81. The van der Waals surface area contributed by atoms with Crippen molar-refractivity contribution in [3.05, 3.63) is 35.6 Å². The summed E-state index contributed by atoms with van der Waals surface area (Å²) in [7, 11) is -3.26. The Labute approximate surface area is 147 Å². The van der Waals surface area contributed by atoms with Crippen LogP contribution >= 0.6 is 0 Å². The number of likely N-dealkylation sites (tertiary alicyclic amines) is 1. The molecule has 0 aliphatic carbocycles. The lowest BCUT2D eigenvalue weighted by Crippen LogP contribution is -2.61. The number of halogens is 1. The van der Waals surface area contributed by atoms with Crippen molar-refractivity contribution in [2.24, 2.45) is 0 Å². The second kappa shape index (κ2) is 7.01. The van der Waals surface area contributed by atoms with E-state index in [1.807, 2.05) is 0 Å². The number of amides is 1. The van der Waals surface area contributed by atoms with Gasteiger partial charge in [-0.1, -0.05) is 12.1 Å². The molecule has 0 atom stereocenters. The molecule has 1 amide bonds. The molecule has 0 radical (unpaired) electrons. The minimum absolute atomic E-state index is 0.0190. The van der Waals surface area contributed by atoms with Crippen LogP contribution < -0.4 is 0 Å². The molecule has 2 fully saturated rings. The fraction of sp³-hybridized carbons (Fsp3) is 0.588. The molecule has 2 aliphatic heterocycles. The highest BCUT2D eigenvalue weighted by Crippen LogP contribution is 2.32. The SMILES string of the molecule is O=C(CCCS(=O)(=O)N1CCCC1)N1CC(O)(c2ccc(F)cc2)C1. The maximum Gasteiger partial charge on any atom is 0.222 e. The van der Waals surface area contributed by atoms with Crippen LogP contribution in [-0.4, -0.2) is 60.6 Å². The van der Waals surface area contributed by atoms with E-state index in [-0.39, 0.29) is 43.4 Å². The van der Waals surface area contributed by atoms with E-state index in [1.54, 1.807) is 0 Å². The van der Waals surface area contributed by atoms with Gasteiger partial charge in [-0.25, -0.2) is 17.1 Å². The molecule has 0 bridgehead atoms. The highest BCUT2D eigenvalue weighted by atomic mass is 32.2. The van der Waals surface area contributed by atoms with Crippen LogP contribution in [0.25, 0.3) is 0 Å². The Hall–Kier alpha value is -1.51. The molecular weight excluding hydrogens is 347 g/mol. The van der Waals surface area contributed by atoms with Gasteiger partial charge in [0.05, 0.1) is 18.8 Å². The largest absolute Gasteiger partial charge is 0.381 e. The van der Waals surface area contributed by atoms with Crippen molar-refractivity contribution in [2.75, 3.05) is 31.9 Å². The van der Waals surface area contributed by atoms with E-state index in [0.717, 1.165) is 12.8 Å². The Balaban J connectivity index is 1.45. The zero-order valence-corrected chi connectivity index (χ0v) is 14.8. The van der Waals surface area contributed by atoms with Gasteiger partial charge in [-0.05, 0) is 37.0 Å². The van der Waals surface area contributed by atoms with Gasteiger partial charge in [0, 0.05) is 19.5 Å². The number of carbonyl (C=O) groups excluding carboxylic acids is 1. The molecule has 0 aromatic heterocycles. The Morgan fingerprint density at radius 1 is 1.16 bits per heavy atom. The highest BCUT2D eigenvalue weighted by molar-refractivity contribution is 7.89. The normalized spacial score (nSPS) is 20.5. The predicted octanol–water partition coefficient (Wildman–Crippen LogP) is 1.06. The predicted molar refractivity (Wildman–Crippen MR) is 90.7 cm³/mol. The van der Waals surface area contributed by atoms with E-state index in [9.17, 15) is 22.7 Å². The van der Waals surface area contributed by atoms with E-state index in [2.05, 4.69) is 0 Å². The third kappa shape index (κ3) is 4.02. The number of rotatable bonds is 6. The first-order chi connectivity index (χ1) is 11.8. The molecule has 0 spiro atoms. The van der Waals surface area contributed by atoms with Gasteiger partial charge in [0.2, 0.25) is 15.9 Å². The van der Waals surface area contributed by atoms with Gasteiger partial charge in [0.1, 0.15) is 11.4 Å². The average Bonchev–Trinajstić information content (AvgIpc) is 3.07. The molecule has 2 heterocycles. The van der Waals surface area contributed by atoms with Crippen LogP contribution in [0, 0.1) is 5.82 Å². The molecule has 6 nitrogen and oxygen atoms in total. The average molecular weight is 370 g/mol. The van der Waals surface area contributed by atoms with Crippen LogP contribution in [0.1, 0.15) is 31.2 Å². The first kappa shape index (κ1) is 18.3. The summed E-state index contributed by atoms with van der Waals surface area (Å²) in [5.41, 5.74) is -0.570. The molecule has 138 valence electrons. The maximum absolute atomic E-state index is 13.0. The minimum Gasteiger partial charge on any atom is -0.381 e. The number of carbonyl (C=O) groups is 1. The third-order valence-corrected chi connectivity index (χ3v) is 6.85. The van der Waals surface area contributed by atoms with Crippen molar-refractivity contribution >= 4 is 15.9 Å². The third-order valence-electron chi connectivity index (χ3n) is 4.89. The van der Waals surface area contributed by atoms with Gasteiger partial charge < -0.3 is 10.0 Å². The number of β-amino-alcohol motifs (C(OH)–C–C–N with tert-alkyl or cyclic N) is 1. The highest BCUT2D eigenvalue weighted by Gasteiger charge is 2.44. The van der Waals surface area contributed by atoms with E-state index in [0.29, 0.717) is 18.7 Å². The van der Waals surface area contributed by atoms with Crippen molar-refractivity contribution in [3.8, 4) is 0 Å². The summed E-state index contributed by atoms with van der Waals surface area (Å²) in [6.07, 6.45) is 2.22. The zero-order chi connectivity index (χ0) is 18.1. The standard InChI is InChI=1S/C17H23FN2O4S/c18-15-7-5-14(6-8-15)17(22)12-19(13-17)16(21)4-3-11-25(23,24)20-9-1-2-10-20/h5-8,22H,1-4,9-13H2. The number of hydrogen-bond acceptors (Lipinski definition) is 4. The molecule has 1 aromatic carbocycles. The summed E-state index contributed by atoms with van der Waals surface area (Å²) < 4.78 is 38.7. The number of sulfonamides is 1. The Morgan fingerprint density at radius 3 is 2.36 bits per heavy atom. The molecule has 8 heteroatoms. The van der Waals surface area contributed by atoms with Crippen molar-refractivity contribution in [3.63, 3.8) is 0 Å². The molecule has 0 unspecified atom stereocenters. The second-order valence-corrected chi connectivity index (χ2v) is 8.90. The maximum atomic E-state index is 13.0. The van der Waals surface area contributed by atoms with Gasteiger partial charge in [-0.2, -0.15) is 0 Å². The van der Waals surface area contributed by atoms with Crippen molar-refractivity contribution in [1.29, 1.82) is 0 Å². The lowest BCUT2D eigenvalue weighted by atomic mass is 9.86. The topological polar surface area (TPSA) is 77.9 Å². The van der Waals surface area contributed by atoms with Crippen molar-refractivity contribution in [1.82, 2.24) is 9.21 Å². The summed E-state index contributed by atoms with van der Waals surface area (Å²) in [4.78, 5) is 13.7. The Morgan fingerprint density at radius 2 is 1.76 bits per heavy atom. The molecule has 3 rings (SSSR count). The Bertz CT molecular complexity index is 724. The van der Waals surface area contributed by atoms with Crippen LogP contribution in [-0.2, 0) is 20.4 Å². The lowest BCUT2D eigenvalue weighted by molar-refractivity contribution is -0.157. The van der Waals surface area contributed by atoms with Crippen LogP contribution in [0.15, 0.2) is 24.3 Å². The van der Waals surface area contributed by atoms with Crippen molar-refractivity contribution < 1.29 is 22.7 Å². The quantitative estimate of drug-likeness (QED) is 0.812.